The fourth-order valence-corrected chi connectivity index (χ4v) is 4.63. The van der Waals surface area contributed by atoms with Gasteiger partial charge in [0.15, 0.2) is 5.11 Å². The number of nitrogens with one attached hydrogen (secondary N) is 1. The predicted octanol–water partition coefficient (Wildman–Crippen LogP) is 6.00. The number of benzene rings is 2. The highest BCUT2D eigenvalue weighted by Gasteiger charge is 2.18. The lowest BCUT2D eigenvalue weighted by Gasteiger charge is -2.32. The lowest BCUT2D eigenvalue weighted by molar-refractivity contribution is 0.175. The summed E-state index contributed by atoms with van der Waals surface area (Å²) < 4.78 is 5.30. The third kappa shape index (κ3) is 6.24. The van der Waals surface area contributed by atoms with Crippen LogP contribution in [0.5, 0.6) is 0 Å². The first-order chi connectivity index (χ1) is 14.5. The van der Waals surface area contributed by atoms with Gasteiger partial charge in [-0.05, 0) is 66.9 Å². The molecule has 1 aliphatic rings. The van der Waals surface area contributed by atoms with Gasteiger partial charge < -0.3 is 19.9 Å². The van der Waals surface area contributed by atoms with Crippen molar-refractivity contribution in [3.05, 3.63) is 57.6 Å². The van der Waals surface area contributed by atoms with Crippen LogP contribution in [-0.4, -0.2) is 43.4 Å². The molecular weight excluding hydrogens is 437 g/mol. The molecule has 0 fully saturated rings. The predicted molar refractivity (Wildman–Crippen MR) is 132 cm³/mol. The van der Waals surface area contributed by atoms with Crippen LogP contribution < -0.4 is 10.2 Å². The van der Waals surface area contributed by atoms with E-state index in [-0.39, 0.29) is 0 Å². The van der Waals surface area contributed by atoms with Gasteiger partial charge in [0.05, 0.1) is 6.61 Å². The largest absolute Gasteiger partial charge is 0.383 e. The molecule has 0 saturated carbocycles. The highest BCUT2D eigenvalue weighted by molar-refractivity contribution is 7.80. The molecule has 0 bridgehead atoms. The van der Waals surface area contributed by atoms with Crippen LogP contribution in [-0.2, 0) is 17.7 Å². The van der Waals surface area contributed by atoms with Gasteiger partial charge in [-0.25, -0.2) is 0 Å². The molecule has 4 nitrogen and oxygen atoms in total. The van der Waals surface area contributed by atoms with Gasteiger partial charge >= 0.3 is 0 Å². The molecule has 0 radical (unpaired) electrons. The number of aryl methyl sites for hydroxylation is 1. The first kappa shape index (κ1) is 23.1. The van der Waals surface area contributed by atoms with Gasteiger partial charge in [-0.2, -0.15) is 0 Å². The van der Waals surface area contributed by atoms with Gasteiger partial charge in [0.2, 0.25) is 0 Å². The van der Waals surface area contributed by atoms with Crippen molar-refractivity contribution in [2.75, 3.05) is 43.6 Å². The molecule has 0 saturated heterocycles. The van der Waals surface area contributed by atoms with Gasteiger partial charge in [0, 0.05) is 54.7 Å². The Kier molecular flexibility index (Phi) is 8.63. The minimum atomic E-state index is 0.572. The van der Waals surface area contributed by atoms with E-state index in [1.165, 1.54) is 29.7 Å². The smallest absolute Gasteiger partial charge is 0.173 e. The average molecular weight is 466 g/mol. The highest BCUT2D eigenvalue weighted by Crippen LogP contribution is 2.29. The molecule has 0 atom stereocenters. The number of anilines is 2. The summed E-state index contributed by atoms with van der Waals surface area (Å²) in [6.07, 6.45) is 3.50. The molecule has 1 aliphatic heterocycles. The fraction of sp³-hybridized carbons (Fsp3) is 0.435. The molecule has 2 aromatic carbocycles. The maximum atomic E-state index is 6.12. The maximum Gasteiger partial charge on any atom is 0.173 e. The third-order valence-corrected chi connectivity index (χ3v) is 5.99. The second kappa shape index (κ2) is 11.2. The first-order valence-electron chi connectivity index (χ1n) is 10.4. The normalized spacial score (nSPS) is 13.1. The van der Waals surface area contributed by atoms with Crippen LogP contribution in [0.4, 0.5) is 11.4 Å². The molecule has 0 spiro atoms. The van der Waals surface area contributed by atoms with Crippen molar-refractivity contribution in [2.24, 2.45) is 0 Å². The van der Waals surface area contributed by atoms with Crippen LogP contribution in [0.1, 0.15) is 30.9 Å². The molecule has 3 rings (SSSR count). The van der Waals surface area contributed by atoms with Gasteiger partial charge in [-0.3, -0.25) is 0 Å². The van der Waals surface area contributed by atoms with E-state index in [0.717, 1.165) is 25.2 Å². The maximum absolute atomic E-state index is 6.12. The number of thiocarbonyl (C=S) groups is 1. The van der Waals surface area contributed by atoms with Crippen molar-refractivity contribution >= 4 is 51.9 Å². The number of hydrogen-bond donors (Lipinski definition) is 1. The van der Waals surface area contributed by atoms with Crippen molar-refractivity contribution in [3.63, 3.8) is 0 Å². The van der Waals surface area contributed by atoms with Crippen molar-refractivity contribution in [1.82, 2.24) is 4.90 Å². The number of fused-ring (bicyclic) bond motifs is 1. The van der Waals surface area contributed by atoms with Crippen molar-refractivity contribution in [3.8, 4) is 0 Å². The number of nitrogens with zero attached hydrogens (tertiary/aromatic N) is 2. The summed E-state index contributed by atoms with van der Waals surface area (Å²) in [5.41, 5.74) is 4.83. The van der Waals surface area contributed by atoms with Crippen LogP contribution in [0.25, 0.3) is 0 Å². The molecular formula is C23H29Cl2N3OS. The van der Waals surface area contributed by atoms with Crippen molar-refractivity contribution in [2.45, 2.75) is 32.7 Å². The monoisotopic (exact) mass is 465 g/mol. The van der Waals surface area contributed by atoms with E-state index in [1.807, 2.05) is 12.1 Å². The SMILES string of the molecule is CCCN1CCCc2cc(CN(CCOC)C(=S)Nc3cc(Cl)cc(Cl)c3)ccc21. The van der Waals surface area contributed by atoms with Crippen LogP contribution in [0.15, 0.2) is 36.4 Å². The zero-order chi connectivity index (χ0) is 21.5. The number of halogens is 2. The van der Waals surface area contributed by atoms with Crippen LogP contribution in [0.3, 0.4) is 0 Å². The standard InChI is InChI=1S/C23H29Cl2N3OS/c1-3-8-27-9-4-5-18-12-17(6-7-22(18)27)16-28(10-11-29-2)23(30)26-21-14-19(24)13-20(25)15-21/h6-7,12-15H,3-5,8-11,16H2,1-2H3,(H,26,30). The topological polar surface area (TPSA) is 27.7 Å². The average Bonchev–Trinajstić information content (AvgIpc) is 2.70. The van der Waals surface area contributed by atoms with Crippen LogP contribution >= 0.6 is 35.4 Å². The number of methoxy groups -OCH3 is 1. The zero-order valence-electron chi connectivity index (χ0n) is 17.6. The molecule has 0 amide bonds. The second-order valence-electron chi connectivity index (χ2n) is 7.56. The number of ether oxygens (including phenoxy) is 1. The Labute approximate surface area is 195 Å². The highest BCUT2D eigenvalue weighted by atomic mass is 35.5. The number of rotatable bonds is 8. The summed E-state index contributed by atoms with van der Waals surface area (Å²) in [6.45, 7) is 6.49. The molecule has 30 heavy (non-hydrogen) atoms. The quantitative estimate of drug-likeness (QED) is 0.482. The molecule has 162 valence electrons. The van der Waals surface area contributed by atoms with E-state index >= 15 is 0 Å². The van der Waals surface area contributed by atoms with E-state index in [4.69, 9.17) is 40.2 Å². The Morgan fingerprint density at radius 2 is 1.97 bits per heavy atom. The Hall–Kier alpha value is -1.53. The molecule has 1 N–H and O–H groups in total. The fourth-order valence-electron chi connectivity index (χ4n) is 3.83. The molecule has 0 aromatic heterocycles. The van der Waals surface area contributed by atoms with Crippen molar-refractivity contribution < 1.29 is 4.74 Å². The minimum absolute atomic E-state index is 0.572. The Morgan fingerprint density at radius 1 is 1.20 bits per heavy atom. The van der Waals surface area contributed by atoms with Crippen LogP contribution in [0, 0.1) is 0 Å². The Morgan fingerprint density at radius 3 is 2.67 bits per heavy atom. The number of hydrogen-bond acceptors (Lipinski definition) is 3. The van der Waals surface area contributed by atoms with Gasteiger partial charge in [0.1, 0.15) is 0 Å². The van der Waals surface area contributed by atoms with E-state index in [2.05, 4.69) is 40.2 Å². The Bertz CT molecular complexity index is 857. The summed E-state index contributed by atoms with van der Waals surface area (Å²) in [5.74, 6) is 0. The zero-order valence-corrected chi connectivity index (χ0v) is 19.9. The van der Waals surface area contributed by atoms with Gasteiger partial charge in [-0.15, -0.1) is 0 Å². The van der Waals surface area contributed by atoms with Gasteiger partial charge in [0.25, 0.3) is 0 Å². The van der Waals surface area contributed by atoms with E-state index in [0.29, 0.717) is 34.9 Å². The molecule has 0 unspecified atom stereocenters. The van der Waals surface area contributed by atoms with E-state index < -0.39 is 0 Å². The second-order valence-corrected chi connectivity index (χ2v) is 8.82. The molecule has 7 heteroatoms. The van der Waals surface area contributed by atoms with Crippen molar-refractivity contribution in [1.29, 1.82) is 0 Å². The molecule has 2 aromatic rings. The van der Waals surface area contributed by atoms with Gasteiger partial charge in [-0.1, -0.05) is 42.3 Å². The minimum Gasteiger partial charge on any atom is -0.383 e. The van der Waals surface area contributed by atoms with Crippen LogP contribution in [0.2, 0.25) is 10.0 Å². The lowest BCUT2D eigenvalue weighted by atomic mass is 9.99. The lowest BCUT2D eigenvalue weighted by Crippen LogP contribution is -2.36. The van der Waals surface area contributed by atoms with E-state index in [1.54, 1.807) is 13.2 Å². The summed E-state index contributed by atoms with van der Waals surface area (Å²) in [6, 6.07) is 12.1. The summed E-state index contributed by atoms with van der Waals surface area (Å²) in [7, 11) is 1.70. The summed E-state index contributed by atoms with van der Waals surface area (Å²) in [5, 5.41) is 5.03. The first-order valence-corrected chi connectivity index (χ1v) is 11.5. The van der Waals surface area contributed by atoms with E-state index in [9.17, 15) is 0 Å². The molecule has 0 aliphatic carbocycles. The third-order valence-electron chi connectivity index (χ3n) is 5.19. The summed E-state index contributed by atoms with van der Waals surface area (Å²) >= 11 is 17.9. The Balaban J connectivity index is 1.75. The molecule has 1 heterocycles. The summed E-state index contributed by atoms with van der Waals surface area (Å²) in [4.78, 5) is 4.61.